The summed E-state index contributed by atoms with van der Waals surface area (Å²) in [6.45, 7) is 2.68. The predicted molar refractivity (Wildman–Crippen MR) is 68.0 cm³/mol. The van der Waals surface area contributed by atoms with Crippen LogP contribution >= 0.6 is 11.8 Å². The van der Waals surface area contributed by atoms with Gasteiger partial charge in [0, 0.05) is 11.4 Å². The first-order chi connectivity index (χ1) is 8.26. The molecule has 4 nitrogen and oxygen atoms in total. The van der Waals surface area contributed by atoms with Crippen LogP contribution < -0.4 is 0 Å². The Labute approximate surface area is 105 Å². The van der Waals surface area contributed by atoms with Gasteiger partial charge in [0.25, 0.3) is 0 Å². The zero-order valence-corrected chi connectivity index (χ0v) is 10.7. The van der Waals surface area contributed by atoms with E-state index >= 15 is 0 Å². The summed E-state index contributed by atoms with van der Waals surface area (Å²) in [5, 5.41) is 18.0. The minimum Gasteiger partial charge on any atom is -0.382 e. The molecule has 17 heavy (non-hydrogen) atoms. The van der Waals surface area contributed by atoms with Crippen molar-refractivity contribution in [1.82, 2.24) is 15.0 Å². The second-order valence-electron chi connectivity index (χ2n) is 3.65. The van der Waals surface area contributed by atoms with Gasteiger partial charge in [0.05, 0.1) is 11.9 Å². The van der Waals surface area contributed by atoms with Gasteiger partial charge in [0.1, 0.15) is 6.10 Å². The lowest BCUT2D eigenvalue weighted by Gasteiger charge is -2.12. The number of aryl methyl sites for hydroxylation is 1. The van der Waals surface area contributed by atoms with Gasteiger partial charge in [-0.15, -0.1) is 16.9 Å². The van der Waals surface area contributed by atoms with Gasteiger partial charge in [-0.3, -0.25) is 0 Å². The summed E-state index contributed by atoms with van der Waals surface area (Å²) in [6.07, 6.45) is 2.97. The quantitative estimate of drug-likeness (QED) is 0.843. The molecule has 0 aliphatic carbocycles. The maximum atomic E-state index is 10.2. The van der Waals surface area contributed by atoms with Crippen molar-refractivity contribution in [3.8, 4) is 0 Å². The first kappa shape index (κ1) is 12.1. The Balaban J connectivity index is 2.27. The molecule has 90 valence electrons. The highest BCUT2D eigenvalue weighted by Crippen LogP contribution is 2.23. The highest BCUT2D eigenvalue weighted by Gasteiger charge is 2.15. The average molecular weight is 249 g/mol. The number of thioether (sulfide) groups is 1. The summed E-state index contributed by atoms with van der Waals surface area (Å²) in [4.78, 5) is 1.18. The number of aliphatic hydroxyl groups is 1. The van der Waals surface area contributed by atoms with E-state index < -0.39 is 6.10 Å². The highest BCUT2D eigenvalue weighted by molar-refractivity contribution is 7.98. The van der Waals surface area contributed by atoms with Gasteiger partial charge in [0.15, 0.2) is 0 Å². The maximum Gasteiger partial charge on any atom is 0.122 e. The van der Waals surface area contributed by atoms with Crippen molar-refractivity contribution >= 4 is 11.8 Å². The topological polar surface area (TPSA) is 50.9 Å². The Morgan fingerprint density at radius 2 is 2.06 bits per heavy atom. The lowest BCUT2D eigenvalue weighted by atomic mass is 10.1. The number of aliphatic hydroxyl groups excluding tert-OH is 1. The Hall–Kier alpha value is -1.33. The number of hydrogen-bond donors (Lipinski definition) is 1. The smallest absolute Gasteiger partial charge is 0.122 e. The predicted octanol–water partition coefficient (Wildman–Crippen LogP) is 2.10. The monoisotopic (exact) mass is 249 g/mol. The van der Waals surface area contributed by atoms with Crippen LogP contribution in [0.15, 0.2) is 35.4 Å². The second-order valence-corrected chi connectivity index (χ2v) is 4.53. The molecule has 2 rings (SSSR count). The molecule has 0 spiro atoms. The first-order valence-electron chi connectivity index (χ1n) is 5.46. The van der Waals surface area contributed by atoms with Gasteiger partial charge < -0.3 is 5.11 Å². The molecule has 1 atom stereocenters. The van der Waals surface area contributed by atoms with Crippen molar-refractivity contribution < 1.29 is 5.11 Å². The van der Waals surface area contributed by atoms with E-state index in [4.69, 9.17) is 0 Å². The van der Waals surface area contributed by atoms with Crippen molar-refractivity contribution in [2.75, 3.05) is 6.26 Å². The number of benzene rings is 1. The van der Waals surface area contributed by atoms with Crippen molar-refractivity contribution in [3.63, 3.8) is 0 Å². The van der Waals surface area contributed by atoms with Gasteiger partial charge >= 0.3 is 0 Å². The summed E-state index contributed by atoms with van der Waals surface area (Å²) >= 11 is 1.68. The van der Waals surface area contributed by atoms with Crippen LogP contribution in [0.5, 0.6) is 0 Å². The van der Waals surface area contributed by atoms with E-state index in [0.717, 1.165) is 11.3 Å². The number of hydrogen-bond acceptors (Lipinski definition) is 4. The molecule has 5 heteroatoms. The zero-order chi connectivity index (χ0) is 12.3. The summed E-state index contributed by atoms with van der Waals surface area (Å²) in [7, 11) is 0. The molecule has 1 heterocycles. The van der Waals surface area contributed by atoms with Gasteiger partial charge in [-0.1, -0.05) is 17.3 Å². The minimum absolute atomic E-state index is 0.666. The van der Waals surface area contributed by atoms with Crippen LogP contribution in [-0.2, 0) is 6.54 Å². The summed E-state index contributed by atoms with van der Waals surface area (Å²) in [5.74, 6) is 0. The minimum atomic E-state index is -0.666. The van der Waals surface area contributed by atoms with Crippen LogP contribution in [0.3, 0.4) is 0 Å². The van der Waals surface area contributed by atoms with Crippen LogP contribution in [0.25, 0.3) is 0 Å². The Morgan fingerprint density at radius 1 is 1.35 bits per heavy atom. The molecule has 1 unspecified atom stereocenters. The van der Waals surface area contributed by atoms with E-state index in [1.54, 1.807) is 22.6 Å². The van der Waals surface area contributed by atoms with E-state index in [1.165, 1.54) is 4.90 Å². The van der Waals surface area contributed by atoms with Crippen molar-refractivity contribution in [2.24, 2.45) is 0 Å². The number of rotatable bonds is 4. The molecule has 1 aromatic carbocycles. The second kappa shape index (κ2) is 5.33. The normalized spacial score (nSPS) is 12.6. The van der Waals surface area contributed by atoms with Crippen molar-refractivity contribution in [2.45, 2.75) is 24.5 Å². The summed E-state index contributed by atoms with van der Waals surface area (Å²) < 4.78 is 1.70. The summed E-state index contributed by atoms with van der Waals surface area (Å²) in [5.41, 5.74) is 1.59. The van der Waals surface area contributed by atoms with E-state index in [0.29, 0.717) is 6.54 Å². The van der Waals surface area contributed by atoms with Crippen molar-refractivity contribution in [1.29, 1.82) is 0 Å². The van der Waals surface area contributed by atoms with E-state index in [2.05, 4.69) is 10.3 Å². The molecule has 1 aromatic heterocycles. The molecule has 0 aliphatic rings. The Bertz CT molecular complexity index is 481. The molecule has 0 saturated heterocycles. The molecule has 2 aromatic rings. The number of nitrogens with zero attached hydrogens (tertiary/aromatic N) is 3. The lowest BCUT2D eigenvalue weighted by molar-refractivity contribution is 0.208. The summed E-state index contributed by atoms with van der Waals surface area (Å²) in [6, 6.07) is 7.87. The van der Waals surface area contributed by atoms with E-state index in [9.17, 15) is 5.11 Å². The Kier molecular flexibility index (Phi) is 3.81. The molecule has 0 saturated carbocycles. The third-order valence-electron chi connectivity index (χ3n) is 2.66. The van der Waals surface area contributed by atoms with Crippen LogP contribution in [0.1, 0.15) is 24.3 Å². The maximum absolute atomic E-state index is 10.2. The Morgan fingerprint density at radius 3 is 2.65 bits per heavy atom. The molecule has 0 fully saturated rings. The van der Waals surface area contributed by atoms with Crippen LogP contribution in [-0.4, -0.2) is 26.4 Å². The van der Waals surface area contributed by atoms with Crippen molar-refractivity contribution in [3.05, 3.63) is 41.7 Å². The third kappa shape index (κ3) is 2.50. The third-order valence-corrected chi connectivity index (χ3v) is 3.40. The zero-order valence-electron chi connectivity index (χ0n) is 9.87. The van der Waals surface area contributed by atoms with E-state index in [1.807, 2.05) is 37.4 Å². The molecular weight excluding hydrogens is 234 g/mol. The molecule has 0 amide bonds. The van der Waals surface area contributed by atoms with Gasteiger partial charge in [-0.25, -0.2) is 4.68 Å². The first-order valence-corrected chi connectivity index (χ1v) is 6.69. The van der Waals surface area contributed by atoms with Gasteiger partial charge in [-0.2, -0.15) is 0 Å². The molecule has 0 bridgehead atoms. The molecule has 1 N–H and O–H groups in total. The molecule has 0 aliphatic heterocycles. The fraction of sp³-hybridized carbons (Fsp3) is 0.333. The van der Waals surface area contributed by atoms with Crippen LogP contribution in [0.4, 0.5) is 0 Å². The standard InChI is InChI=1S/C12H15N3OS/c1-3-15-11(8-13-14-15)12(16)9-4-6-10(17-2)7-5-9/h4-8,12,16H,3H2,1-2H3. The fourth-order valence-corrected chi connectivity index (χ4v) is 2.09. The molecular formula is C12H15N3OS. The highest BCUT2D eigenvalue weighted by atomic mass is 32.2. The SMILES string of the molecule is CCn1nncc1C(O)c1ccc(SC)cc1. The van der Waals surface area contributed by atoms with Crippen LogP contribution in [0, 0.1) is 0 Å². The largest absolute Gasteiger partial charge is 0.382 e. The van der Waals surface area contributed by atoms with E-state index in [-0.39, 0.29) is 0 Å². The van der Waals surface area contributed by atoms with Gasteiger partial charge in [0.2, 0.25) is 0 Å². The number of aromatic nitrogens is 3. The van der Waals surface area contributed by atoms with Crippen LogP contribution in [0.2, 0.25) is 0 Å². The van der Waals surface area contributed by atoms with Gasteiger partial charge in [-0.05, 0) is 30.9 Å². The fourth-order valence-electron chi connectivity index (χ4n) is 1.68. The lowest BCUT2D eigenvalue weighted by Crippen LogP contribution is -2.08. The average Bonchev–Trinajstić information content (AvgIpc) is 2.86. The molecule has 0 radical (unpaired) electrons.